The van der Waals surface area contributed by atoms with E-state index in [0.29, 0.717) is 19.4 Å². The first kappa shape index (κ1) is 32.2. The predicted octanol–water partition coefficient (Wildman–Crippen LogP) is 2.85. The van der Waals surface area contributed by atoms with E-state index >= 15 is 0 Å². The van der Waals surface area contributed by atoms with Crippen molar-refractivity contribution in [1.29, 1.82) is 0 Å². The summed E-state index contributed by atoms with van der Waals surface area (Å²) in [6, 6.07) is 6.80. The molecule has 3 aliphatic rings. The lowest BCUT2D eigenvalue weighted by Crippen LogP contribution is -2.64. The summed E-state index contributed by atoms with van der Waals surface area (Å²) < 4.78 is 0. The highest BCUT2D eigenvalue weighted by Gasteiger charge is 2.48. The van der Waals surface area contributed by atoms with Crippen LogP contribution in [0.25, 0.3) is 0 Å². The van der Waals surface area contributed by atoms with Crippen LogP contribution in [0.2, 0.25) is 0 Å². The summed E-state index contributed by atoms with van der Waals surface area (Å²) in [6.07, 6.45) is 8.06. The predicted molar refractivity (Wildman–Crippen MR) is 163 cm³/mol. The average Bonchev–Trinajstić information content (AvgIpc) is 3.62. The monoisotopic (exact) mass is 593 g/mol. The SMILES string of the molecule is CC(C)[C@H]1CCN(C(=O)[C@@H](NC(=O)NC2(Cc3ccccc3)CCC2)C(C)(C)C)[C@@H]1C(=O)NC(CC1C=C1)C(=O)C(N)=O. The van der Waals surface area contributed by atoms with Gasteiger partial charge in [-0.15, -0.1) is 0 Å². The Bertz CT molecular complexity index is 1240. The van der Waals surface area contributed by atoms with E-state index in [1.807, 2.05) is 77.1 Å². The van der Waals surface area contributed by atoms with Gasteiger partial charge in [-0.1, -0.05) is 77.1 Å². The fraction of sp³-hybridized carbons (Fsp3) is 0.606. The number of likely N-dealkylation sites (tertiary alicyclic amines) is 1. The number of benzene rings is 1. The molecular formula is C33H47N5O5. The third-order valence-corrected chi connectivity index (χ3v) is 9.16. The number of ketones is 1. The van der Waals surface area contributed by atoms with Gasteiger partial charge >= 0.3 is 6.03 Å². The molecule has 1 saturated carbocycles. The molecule has 43 heavy (non-hydrogen) atoms. The van der Waals surface area contributed by atoms with E-state index in [2.05, 4.69) is 16.0 Å². The van der Waals surface area contributed by atoms with Crippen molar-refractivity contribution >= 4 is 29.5 Å². The molecular weight excluding hydrogens is 546 g/mol. The van der Waals surface area contributed by atoms with Gasteiger partial charge in [-0.3, -0.25) is 19.2 Å². The molecule has 0 spiro atoms. The van der Waals surface area contributed by atoms with E-state index < -0.39 is 47.2 Å². The van der Waals surface area contributed by atoms with E-state index in [1.165, 1.54) is 0 Å². The summed E-state index contributed by atoms with van der Waals surface area (Å²) in [7, 11) is 0. The Morgan fingerprint density at radius 2 is 1.67 bits per heavy atom. The van der Waals surface area contributed by atoms with E-state index in [-0.39, 0.29) is 35.6 Å². The van der Waals surface area contributed by atoms with Gasteiger partial charge in [0.1, 0.15) is 12.1 Å². The second-order valence-electron chi connectivity index (χ2n) is 13.9. The number of primary amides is 1. The van der Waals surface area contributed by atoms with Crippen molar-refractivity contribution < 1.29 is 24.0 Å². The number of urea groups is 1. The van der Waals surface area contributed by atoms with Crippen molar-refractivity contribution in [3.8, 4) is 0 Å². The molecule has 1 heterocycles. The van der Waals surface area contributed by atoms with Crippen LogP contribution in [0.4, 0.5) is 4.79 Å². The van der Waals surface area contributed by atoms with Crippen LogP contribution in [-0.4, -0.2) is 64.6 Å². The van der Waals surface area contributed by atoms with Crippen LogP contribution in [0.1, 0.15) is 72.3 Å². The van der Waals surface area contributed by atoms with Crippen LogP contribution in [0.5, 0.6) is 0 Å². The van der Waals surface area contributed by atoms with E-state index in [0.717, 1.165) is 24.8 Å². The number of rotatable bonds is 12. The van der Waals surface area contributed by atoms with Crippen LogP contribution in [-0.2, 0) is 25.6 Å². The molecule has 234 valence electrons. The number of nitrogens with zero attached hydrogens (tertiary/aromatic N) is 1. The molecule has 1 aromatic rings. The van der Waals surface area contributed by atoms with Gasteiger partial charge in [0.25, 0.3) is 5.91 Å². The maximum Gasteiger partial charge on any atom is 0.315 e. The van der Waals surface area contributed by atoms with Gasteiger partial charge in [0.2, 0.25) is 17.6 Å². The van der Waals surface area contributed by atoms with E-state index in [1.54, 1.807) is 4.90 Å². The second kappa shape index (κ2) is 12.9. The second-order valence-corrected chi connectivity index (χ2v) is 13.9. The number of amides is 5. The van der Waals surface area contributed by atoms with Crippen molar-refractivity contribution in [2.24, 2.45) is 28.9 Å². The molecule has 5 N–H and O–H groups in total. The summed E-state index contributed by atoms with van der Waals surface area (Å²) in [4.78, 5) is 67.3. The van der Waals surface area contributed by atoms with Crippen LogP contribution in [0.3, 0.4) is 0 Å². The number of Topliss-reactive ketones (excluding diaryl/α,β-unsaturated/α-hetero) is 1. The molecule has 0 bridgehead atoms. The Morgan fingerprint density at radius 1 is 1.02 bits per heavy atom. The van der Waals surface area contributed by atoms with E-state index in [9.17, 15) is 24.0 Å². The summed E-state index contributed by atoms with van der Waals surface area (Å²) in [5.41, 5.74) is 5.40. The summed E-state index contributed by atoms with van der Waals surface area (Å²) >= 11 is 0. The third-order valence-electron chi connectivity index (χ3n) is 9.16. The van der Waals surface area contributed by atoms with Crippen LogP contribution >= 0.6 is 0 Å². The van der Waals surface area contributed by atoms with Crippen molar-refractivity contribution in [3.63, 3.8) is 0 Å². The number of carbonyl (C=O) groups excluding carboxylic acids is 5. The van der Waals surface area contributed by atoms with E-state index in [4.69, 9.17) is 5.73 Å². The fourth-order valence-corrected chi connectivity index (χ4v) is 6.42. The lowest BCUT2D eigenvalue weighted by Gasteiger charge is -2.44. The molecule has 4 rings (SSSR count). The quantitative estimate of drug-likeness (QED) is 0.217. The highest BCUT2D eigenvalue weighted by molar-refractivity contribution is 6.37. The first-order valence-electron chi connectivity index (χ1n) is 15.5. The number of nitrogens with two attached hydrogens (primary N) is 1. The van der Waals surface area contributed by atoms with Gasteiger partial charge in [0.05, 0.1) is 6.04 Å². The number of hydrogen-bond acceptors (Lipinski definition) is 5. The van der Waals surface area contributed by atoms with Crippen molar-refractivity contribution in [1.82, 2.24) is 20.9 Å². The van der Waals surface area contributed by atoms with Crippen LogP contribution in [0, 0.1) is 23.2 Å². The lowest BCUT2D eigenvalue weighted by molar-refractivity contribution is -0.144. The molecule has 2 aliphatic carbocycles. The maximum absolute atomic E-state index is 14.2. The molecule has 1 aromatic carbocycles. The Morgan fingerprint density at radius 3 is 2.19 bits per heavy atom. The molecule has 2 fully saturated rings. The standard InChI is InChI=1S/C33H47N5O5/c1-20(2)23-14-17-38(25(23)29(41)35-24(18-21-12-13-21)26(39)28(34)40)30(42)27(32(3,4)5)36-31(43)37-33(15-9-16-33)19-22-10-7-6-8-11-22/h6-8,10-13,20-21,23-25,27H,9,14-19H2,1-5H3,(H2,34,40)(H,35,41)(H2,36,37,43)/t23-,24?,25+,27-/m1/s1. The van der Waals surface area contributed by atoms with Gasteiger partial charge in [-0.2, -0.15) is 0 Å². The highest BCUT2D eigenvalue weighted by atomic mass is 16.2. The number of hydrogen-bond donors (Lipinski definition) is 4. The number of nitrogens with one attached hydrogen (secondary N) is 3. The smallest absolute Gasteiger partial charge is 0.315 e. The third kappa shape index (κ3) is 7.83. The lowest BCUT2D eigenvalue weighted by atomic mass is 9.73. The van der Waals surface area contributed by atoms with Gasteiger partial charge in [0, 0.05) is 12.1 Å². The Kier molecular flexibility index (Phi) is 9.66. The first-order valence-corrected chi connectivity index (χ1v) is 15.5. The number of carbonyl (C=O) groups is 5. The molecule has 5 amide bonds. The normalized spacial score (nSPS) is 22.3. The van der Waals surface area contributed by atoms with Crippen molar-refractivity contribution in [2.45, 2.75) is 96.8 Å². The molecule has 0 radical (unpaired) electrons. The Hall–Kier alpha value is -3.69. The summed E-state index contributed by atoms with van der Waals surface area (Å²) in [5.74, 6) is -2.87. The maximum atomic E-state index is 14.2. The van der Waals surface area contributed by atoms with Gasteiger partial charge in [0.15, 0.2) is 0 Å². The zero-order valence-electron chi connectivity index (χ0n) is 26.0. The zero-order chi connectivity index (χ0) is 31.5. The summed E-state index contributed by atoms with van der Waals surface area (Å²) in [5, 5.41) is 8.88. The molecule has 4 atom stereocenters. The highest BCUT2D eigenvalue weighted by Crippen LogP contribution is 2.36. The molecule has 0 aromatic heterocycles. The van der Waals surface area contributed by atoms with Crippen LogP contribution in [0.15, 0.2) is 42.5 Å². The van der Waals surface area contributed by atoms with Gasteiger partial charge in [-0.05, 0) is 67.3 Å². The Labute approximate surface area is 254 Å². The Balaban J connectivity index is 1.51. The van der Waals surface area contributed by atoms with Gasteiger partial charge in [-0.25, -0.2) is 4.79 Å². The average molecular weight is 594 g/mol. The minimum atomic E-state index is -1.11. The molecule has 1 saturated heterocycles. The van der Waals surface area contributed by atoms with Gasteiger partial charge < -0.3 is 26.6 Å². The minimum Gasteiger partial charge on any atom is -0.363 e. The first-order chi connectivity index (χ1) is 20.2. The zero-order valence-corrected chi connectivity index (χ0v) is 26.0. The summed E-state index contributed by atoms with van der Waals surface area (Å²) in [6.45, 7) is 9.98. The van der Waals surface area contributed by atoms with Crippen molar-refractivity contribution in [3.05, 3.63) is 48.0 Å². The molecule has 10 nitrogen and oxygen atoms in total. The van der Waals surface area contributed by atoms with Crippen LogP contribution < -0.4 is 21.7 Å². The fourth-order valence-electron chi connectivity index (χ4n) is 6.42. The molecule has 10 heteroatoms. The van der Waals surface area contributed by atoms with Crippen molar-refractivity contribution in [2.75, 3.05) is 6.54 Å². The topological polar surface area (TPSA) is 151 Å². The molecule has 1 aliphatic heterocycles. The molecule has 1 unspecified atom stereocenters. The number of allylic oxidation sites excluding steroid dienone is 2. The largest absolute Gasteiger partial charge is 0.363 e. The minimum absolute atomic E-state index is 0.0182.